The Bertz CT molecular complexity index is 1270. The minimum Gasteiger partial charge on any atom is -0.462 e. The highest BCUT2D eigenvalue weighted by Crippen LogP contribution is 2.15. The van der Waals surface area contributed by atoms with Crippen LogP contribution in [0.1, 0.15) is 252 Å². The van der Waals surface area contributed by atoms with Gasteiger partial charge in [-0.05, 0) is 89.9 Å². The predicted molar refractivity (Wildman–Crippen MR) is 279 cm³/mol. The first-order chi connectivity index (χ1) is 32.0. The molecular weight excluding hydrogens is 805 g/mol. The van der Waals surface area contributed by atoms with Crippen LogP contribution >= 0.6 is 0 Å². The summed E-state index contributed by atoms with van der Waals surface area (Å²) >= 11 is 0. The van der Waals surface area contributed by atoms with Gasteiger partial charge in [0.2, 0.25) is 0 Å². The maximum absolute atomic E-state index is 12.8. The fraction of sp³-hybridized carbons (Fsp3) is 0.712. The molecule has 0 unspecified atom stereocenters. The quantitative estimate of drug-likeness (QED) is 0.0262. The summed E-state index contributed by atoms with van der Waals surface area (Å²) in [5.74, 6) is -0.976. The van der Waals surface area contributed by atoms with Gasteiger partial charge in [-0.15, -0.1) is 0 Å². The molecule has 0 aromatic rings. The van der Waals surface area contributed by atoms with Gasteiger partial charge in [0.25, 0.3) is 0 Å². The lowest BCUT2D eigenvalue weighted by Crippen LogP contribution is -2.30. The second kappa shape index (κ2) is 53.2. The van der Waals surface area contributed by atoms with Gasteiger partial charge in [-0.25, -0.2) is 0 Å². The average Bonchev–Trinajstić information content (AvgIpc) is 3.30. The SMILES string of the molecule is CC/C=C\C/C=C\C/C=C\C/C=C\CCCCCCC(=O)OC[C@H](COC(=O)CCC/C=C\C/C=C\C/C=C\CCCCCCCC)OC(=O)CCCCCCCCCCCCCCC. The maximum Gasteiger partial charge on any atom is 0.306 e. The molecule has 0 rings (SSSR count). The molecule has 0 spiro atoms. The summed E-state index contributed by atoms with van der Waals surface area (Å²) in [7, 11) is 0. The molecule has 0 aliphatic rings. The zero-order chi connectivity index (χ0) is 47.2. The monoisotopic (exact) mass is 905 g/mol. The maximum atomic E-state index is 12.8. The second-order valence-corrected chi connectivity index (χ2v) is 17.8. The van der Waals surface area contributed by atoms with Gasteiger partial charge in [-0.1, -0.05) is 228 Å². The number of rotatable bonds is 48. The van der Waals surface area contributed by atoms with Crippen LogP contribution in [0.3, 0.4) is 0 Å². The Morgan fingerprint density at radius 1 is 0.323 bits per heavy atom. The highest BCUT2D eigenvalue weighted by Gasteiger charge is 2.19. The molecule has 1 atom stereocenters. The molecule has 0 N–H and O–H groups in total. The molecular formula is C59H100O6. The second-order valence-electron chi connectivity index (χ2n) is 17.8. The van der Waals surface area contributed by atoms with Gasteiger partial charge in [-0.2, -0.15) is 0 Å². The van der Waals surface area contributed by atoms with Gasteiger partial charge in [0.1, 0.15) is 13.2 Å². The summed E-state index contributed by atoms with van der Waals surface area (Å²) in [5, 5.41) is 0. The lowest BCUT2D eigenvalue weighted by Gasteiger charge is -2.18. The first-order valence-corrected chi connectivity index (χ1v) is 27.1. The number of ether oxygens (including phenoxy) is 3. The van der Waals surface area contributed by atoms with Crippen molar-refractivity contribution in [3.05, 3.63) is 85.1 Å². The average molecular weight is 905 g/mol. The van der Waals surface area contributed by atoms with E-state index in [9.17, 15) is 14.4 Å². The molecule has 0 fully saturated rings. The first-order valence-electron chi connectivity index (χ1n) is 27.1. The summed E-state index contributed by atoms with van der Waals surface area (Å²) in [6.07, 6.45) is 68.6. The minimum absolute atomic E-state index is 0.104. The topological polar surface area (TPSA) is 78.9 Å². The lowest BCUT2D eigenvalue weighted by molar-refractivity contribution is -0.167. The Labute approximate surface area is 401 Å². The Hall–Kier alpha value is -3.41. The number of carbonyl (C=O) groups excluding carboxylic acids is 3. The number of allylic oxidation sites excluding steroid dienone is 14. The van der Waals surface area contributed by atoms with Gasteiger partial charge in [-0.3, -0.25) is 14.4 Å². The van der Waals surface area contributed by atoms with Crippen LogP contribution in [0.25, 0.3) is 0 Å². The van der Waals surface area contributed by atoms with E-state index in [0.717, 1.165) is 96.3 Å². The number of esters is 3. The molecule has 0 radical (unpaired) electrons. The van der Waals surface area contributed by atoms with Crippen LogP contribution in [0, 0.1) is 0 Å². The van der Waals surface area contributed by atoms with E-state index in [2.05, 4.69) is 106 Å². The molecule has 0 aromatic carbocycles. The Kier molecular flexibility index (Phi) is 50.4. The molecule has 372 valence electrons. The fourth-order valence-electron chi connectivity index (χ4n) is 7.33. The van der Waals surface area contributed by atoms with E-state index in [4.69, 9.17) is 14.2 Å². The zero-order valence-corrected chi connectivity index (χ0v) is 42.5. The standard InChI is InChI=1S/C59H100O6/c1-4-7-10-13-16-19-22-25-27-29-31-34-36-39-42-45-48-51-57(60)63-54-56(65-59(62)53-50-47-44-41-38-33-24-21-18-15-12-9-6-3)55-64-58(61)52-49-46-43-40-37-35-32-30-28-26-23-20-17-14-11-8-5-2/h7,10,16,19,25-28,31-32,34-35,40,43,56H,4-6,8-9,11-15,17-18,20-24,29-30,33,36-39,41-42,44-55H2,1-3H3/b10-7-,19-16-,27-25-,28-26-,34-31-,35-32-,43-40-/t56-/m1/s1. The molecule has 0 bridgehead atoms. The third kappa shape index (κ3) is 51.4. The van der Waals surface area contributed by atoms with Crippen LogP contribution < -0.4 is 0 Å². The molecule has 0 saturated carbocycles. The highest BCUT2D eigenvalue weighted by molar-refractivity contribution is 5.71. The number of hydrogen-bond acceptors (Lipinski definition) is 6. The highest BCUT2D eigenvalue weighted by atomic mass is 16.6. The lowest BCUT2D eigenvalue weighted by atomic mass is 10.0. The van der Waals surface area contributed by atoms with Crippen molar-refractivity contribution < 1.29 is 28.6 Å². The molecule has 0 aliphatic heterocycles. The van der Waals surface area contributed by atoms with Crippen molar-refractivity contribution in [1.29, 1.82) is 0 Å². The number of hydrogen-bond donors (Lipinski definition) is 0. The van der Waals surface area contributed by atoms with Crippen molar-refractivity contribution in [2.45, 2.75) is 258 Å². The summed E-state index contributed by atoms with van der Waals surface area (Å²) in [4.78, 5) is 38.0. The van der Waals surface area contributed by atoms with Gasteiger partial charge in [0, 0.05) is 19.3 Å². The van der Waals surface area contributed by atoms with E-state index in [1.807, 2.05) is 0 Å². The van der Waals surface area contributed by atoms with E-state index in [0.29, 0.717) is 19.3 Å². The van der Waals surface area contributed by atoms with Crippen LogP contribution in [0.5, 0.6) is 0 Å². The van der Waals surface area contributed by atoms with E-state index in [1.54, 1.807) is 0 Å². The van der Waals surface area contributed by atoms with Crippen LogP contribution in [0.15, 0.2) is 85.1 Å². The Morgan fingerprint density at radius 2 is 0.615 bits per heavy atom. The van der Waals surface area contributed by atoms with Crippen LogP contribution in [0.4, 0.5) is 0 Å². The molecule has 0 heterocycles. The van der Waals surface area contributed by atoms with Crippen molar-refractivity contribution >= 4 is 17.9 Å². The minimum atomic E-state index is -0.805. The van der Waals surface area contributed by atoms with Crippen molar-refractivity contribution in [3.8, 4) is 0 Å². The zero-order valence-electron chi connectivity index (χ0n) is 42.5. The smallest absolute Gasteiger partial charge is 0.306 e. The Morgan fingerprint density at radius 3 is 1.00 bits per heavy atom. The van der Waals surface area contributed by atoms with E-state index < -0.39 is 6.10 Å². The van der Waals surface area contributed by atoms with Crippen molar-refractivity contribution in [2.75, 3.05) is 13.2 Å². The van der Waals surface area contributed by atoms with Gasteiger partial charge in [0.15, 0.2) is 6.10 Å². The van der Waals surface area contributed by atoms with Crippen molar-refractivity contribution in [2.24, 2.45) is 0 Å². The van der Waals surface area contributed by atoms with Crippen molar-refractivity contribution in [1.82, 2.24) is 0 Å². The largest absolute Gasteiger partial charge is 0.462 e. The van der Waals surface area contributed by atoms with Gasteiger partial charge >= 0.3 is 17.9 Å². The third-order valence-electron chi connectivity index (χ3n) is 11.4. The molecule has 6 nitrogen and oxygen atoms in total. The summed E-state index contributed by atoms with van der Waals surface area (Å²) < 4.78 is 16.8. The number of unbranched alkanes of at least 4 members (excludes halogenated alkanes) is 23. The molecule has 0 aliphatic carbocycles. The summed E-state index contributed by atoms with van der Waals surface area (Å²) in [6.45, 7) is 6.46. The Balaban J connectivity index is 4.49. The molecule has 0 saturated heterocycles. The summed E-state index contributed by atoms with van der Waals surface area (Å²) in [5.41, 5.74) is 0. The fourth-order valence-corrected chi connectivity index (χ4v) is 7.33. The summed E-state index contributed by atoms with van der Waals surface area (Å²) in [6, 6.07) is 0. The van der Waals surface area contributed by atoms with Crippen LogP contribution in [-0.2, 0) is 28.6 Å². The molecule has 0 aromatic heterocycles. The first kappa shape index (κ1) is 61.6. The van der Waals surface area contributed by atoms with Crippen molar-refractivity contribution in [3.63, 3.8) is 0 Å². The normalized spacial score (nSPS) is 12.7. The van der Waals surface area contributed by atoms with Crippen LogP contribution in [0.2, 0.25) is 0 Å². The molecule has 65 heavy (non-hydrogen) atoms. The molecule has 6 heteroatoms. The van der Waals surface area contributed by atoms with Gasteiger partial charge < -0.3 is 14.2 Å². The molecule has 0 amide bonds. The van der Waals surface area contributed by atoms with E-state index in [1.165, 1.54) is 109 Å². The third-order valence-corrected chi connectivity index (χ3v) is 11.4. The number of carbonyl (C=O) groups is 3. The van der Waals surface area contributed by atoms with Gasteiger partial charge in [0.05, 0.1) is 0 Å². The van der Waals surface area contributed by atoms with Crippen LogP contribution in [-0.4, -0.2) is 37.2 Å². The van der Waals surface area contributed by atoms with E-state index in [-0.39, 0.29) is 37.5 Å². The predicted octanol–water partition coefficient (Wildman–Crippen LogP) is 18.0. The van der Waals surface area contributed by atoms with E-state index >= 15 is 0 Å².